The lowest BCUT2D eigenvalue weighted by Gasteiger charge is -2.32. The zero-order valence-electron chi connectivity index (χ0n) is 12.1. The molecule has 1 atom stereocenters. The highest BCUT2D eigenvalue weighted by Gasteiger charge is 2.15. The number of aliphatic imine (C=N–C) groups is 1. The van der Waals surface area contributed by atoms with Crippen molar-refractivity contribution in [3.63, 3.8) is 0 Å². The molecule has 0 aromatic rings. The summed E-state index contributed by atoms with van der Waals surface area (Å²) in [5.41, 5.74) is 5.80. The van der Waals surface area contributed by atoms with E-state index in [1.54, 1.807) is 0 Å². The number of piperidine rings is 1. The molecule has 4 heteroatoms. The fraction of sp³-hybridized carbons (Fsp3) is 0.929. The fourth-order valence-electron chi connectivity index (χ4n) is 2.36. The molecule has 1 saturated heterocycles. The third-order valence-electron chi connectivity index (χ3n) is 3.68. The summed E-state index contributed by atoms with van der Waals surface area (Å²) < 4.78 is 0. The molecule has 0 bridgehead atoms. The zero-order valence-corrected chi connectivity index (χ0v) is 12.1. The Kier molecular flexibility index (Phi) is 7.81. The lowest BCUT2D eigenvalue weighted by Crippen LogP contribution is -2.40. The second kappa shape index (κ2) is 9.20. The van der Waals surface area contributed by atoms with Crippen LogP contribution in [0.5, 0.6) is 0 Å². The normalized spacial score (nSPS) is 19.8. The molecule has 1 rings (SSSR count). The van der Waals surface area contributed by atoms with E-state index in [0.29, 0.717) is 12.0 Å². The van der Waals surface area contributed by atoms with Gasteiger partial charge in [-0.1, -0.05) is 19.8 Å². The van der Waals surface area contributed by atoms with Gasteiger partial charge in [0.05, 0.1) is 0 Å². The highest BCUT2D eigenvalue weighted by molar-refractivity contribution is 5.77. The molecule has 1 unspecified atom stereocenters. The van der Waals surface area contributed by atoms with E-state index in [2.05, 4.69) is 29.1 Å². The Bertz CT molecular complexity index is 234. The van der Waals surface area contributed by atoms with Gasteiger partial charge >= 0.3 is 0 Å². The van der Waals surface area contributed by atoms with Crippen LogP contribution in [-0.2, 0) is 0 Å². The Balaban J connectivity index is 2.10. The van der Waals surface area contributed by atoms with Crippen molar-refractivity contribution >= 4 is 5.96 Å². The maximum atomic E-state index is 5.80. The number of nitrogens with one attached hydrogen (secondary N) is 1. The standard InChI is InChI=1S/C14H30N4/c1-3-4-9-16-14(15)17-10-8-13(2)18-11-6-5-7-12-18/h13H,3-12H2,1-2H3,(H3,15,16,17). The zero-order chi connectivity index (χ0) is 13.2. The summed E-state index contributed by atoms with van der Waals surface area (Å²) in [7, 11) is 0. The second-order valence-electron chi connectivity index (χ2n) is 5.28. The summed E-state index contributed by atoms with van der Waals surface area (Å²) in [5.74, 6) is 0.606. The molecule has 0 aromatic heterocycles. The van der Waals surface area contributed by atoms with Crippen LogP contribution in [0.25, 0.3) is 0 Å². The van der Waals surface area contributed by atoms with E-state index in [4.69, 9.17) is 5.73 Å². The molecular formula is C14H30N4. The van der Waals surface area contributed by atoms with Crippen molar-refractivity contribution in [2.24, 2.45) is 10.7 Å². The first-order chi connectivity index (χ1) is 8.74. The summed E-state index contributed by atoms with van der Waals surface area (Å²) in [6.45, 7) is 8.79. The fourth-order valence-corrected chi connectivity index (χ4v) is 2.36. The quantitative estimate of drug-likeness (QED) is 0.415. The van der Waals surface area contributed by atoms with Gasteiger partial charge in [-0.3, -0.25) is 4.99 Å². The molecule has 1 heterocycles. The number of hydrogen-bond donors (Lipinski definition) is 2. The van der Waals surface area contributed by atoms with Gasteiger partial charge in [-0.25, -0.2) is 0 Å². The van der Waals surface area contributed by atoms with Crippen LogP contribution in [0.3, 0.4) is 0 Å². The molecular weight excluding hydrogens is 224 g/mol. The van der Waals surface area contributed by atoms with Gasteiger partial charge in [-0.05, 0) is 45.7 Å². The minimum Gasteiger partial charge on any atom is -0.370 e. The van der Waals surface area contributed by atoms with Crippen molar-refractivity contribution < 1.29 is 0 Å². The van der Waals surface area contributed by atoms with E-state index in [0.717, 1.165) is 25.9 Å². The van der Waals surface area contributed by atoms with Crippen LogP contribution in [0.1, 0.15) is 52.4 Å². The Hall–Kier alpha value is -0.770. The maximum absolute atomic E-state index is 5.80. The summed E-state index contributed by atoms with van der Waals surface area (Å²) >= 11 is 0. The molecule has 0 aliphatic carbocycles. The van der Waals surface area contributed by atoms with E-state index in [1.165, 1.54) is 38.8 Å². The molecule has 0 amide bonds. The first-order valence-corrected chi connectivity index (χ1v) is 7.52. The highest BCUT2D eigenvalue weighted by atomic mass is 15.2. The molecule has 106 valence electrons. The van der Waals surface area contributed by atoms with E-state index in [1.807, 2.05) is 0 Å². The molecule has 0 radical (unpaired) electrons. The van der Waals surface area contributed by atoms with Gasteiger partial charge in [0.2, 0.25) is 0 Å². The number of hydrogen-bond acceptors (Lipinski definition) is 2. The van der Waals surface area contributed by atoms with Crippen molar-refractivity contribution in [3.05, 3.63) is 0 Å². The minimum atomic E-state index is 0.606. The van der Waals surface area contributed by atoms with Gasteiger partial charge < -0.3 is 16.0 Å². The topological polar surface area (TPSA) is 53.6 Å². The minimum absolute atomic E-state index is 0.606. The third-order valence-corrected chi connectivity index (χ3v) is 3.68. The van der Waals surface area contributed by atoms with Gasteiger partial charge in [0.1, 0.15) is 0 Å². The van der Waals surface area contributed by atoms with Gasteiger partial charge in [0, 0.05) is 19.1 Å². The summed E-state index contributed by atoms with van der Waals surface area (Å²) in [6.07, 6.45) is 7.55. The summed E-state index contributed by atoms with van der Waals surface area (Å²) in [5, 5.41) is 3.21. The predicted molar refractivity (Wildman–Crippen MR) is 78.9 cm³/mol. The van der Waals surface area contributed by atoms with Crippen LogP contribution in [0, 0.1) is 0 Å². The van der Waals surface area contributed by atoms with E-state index in [9.17, 15) is 0 Å². The number of rotatable bonds is 7. The molecule has 0 aromatic carbocycles. The third kappa shape index (κ3) is 6.24. The van der Waals surface area contributed by atoms with Gasteiger partial charge in [0.25, 0.3) is 0 Å². The van der Waals surface area contributed by atoms with Crippen LogP contribution in [-0.4, -0.2) is 43.1 Å². The van der Waals surface area contributed by atoms with Gasteiger partial charge in [-0.2, -0.15) is 0 Å². The molecule has 0 spiro atoms. The number of unbranched alkanes of at least 4 members (excludes halogenated alkanes) is 1. The monoisotopic (exact) mass is 254 g/mol. The molecule has 1 aliphatic heterocycles. The Morgan fingerprint density at radius 2 is 2.06 bits per heavy atom. The highest BCUT2D eigenvalue weighted by Crippen LogP contribution is 2.13. The maximum Gasteiger partial charge on any atom is 0.188 e. The molecule has 1 aliphatic rings. The molecule has 18 heavy (non-hydrogen) atoms. The van der Waals surface area contributed by atoms with Crippen LogP contribution < -0.4 is 11.1 Å². The number of nitrogens with two attached hydrogens (primary N) is 1. The van der Waals surface area contributed by atoms with Crippen LogP contribution in [0.4, 0.5) is 0 Å². The first-order valence-electron chi connectivity index (χ1n) is 7.52. The number of guanidine groups is 1. The van der Waals surface area contributed by atoms with Crippen molar-refractivity contribution in [3.8, 4) is 0 Å². The molecule has 1 fully saturated rings. The van der Waals surface area contributed by atoms with Crippen LogP contribution in [0.2, 0.25) is 0 Å². The van der Waals surface area contributed by atoms with Crippen molar-refractivity contribution in [1.82, 2.24) is 10.2 Å². The second-order valence-corrected chi connectivity index (χ2v) is 5.28. The average Bonchev–Trinajstić information content (AvgIpc) is 2.40. The predicted octanol–water partition coefficient (Wildman–Crippen LogP) is 1.96. The van der Waals surface area contributed by atoms with E-state index in [-0.39, 0.29) is 0 Å². The van der Waals surface area contributed by atoms with Crippen molar-refractivity contribution in [2.75, 3.05) is 26.2 Å². The average molecular weight is 254 g/mol. The Morgan fingerprint density at radius 1 is 1.33 bits per heavy atom. The first kappa shape index (κ1) is 15.3. The van der Waals surface area contributed by atoms with E-state index >= 15 is 0 Å². The van der Waals surface area contributed by atoms with Crippen molar-refractivity contribution in [1.29, 1.82) is 0 Å². The molecule has 4 nitrogen and oxygen atoms in total. The Labute approximate surface area is 112 Å². The largest absolute Gasteiger partial charge is 0.370 e. The van der Waals surface area contributed by atoms with Gasteiger partial charge in [-0.15, -0.1) is 0 Å². The number of nitrogens with zero attached hydrogens (tertiary/aromatic N) is 2. The Morgan fingerprint density at radius 3 is 2.72 bits per heavy atom. The van der Waals surface area contributed by atoms with Crippen LogP contribution in [0.15, 0.2) is 4.99 Å². The van der Waals surface area contributed by atoms with Crippen molar-refractivity contribution in [2.45, 2.75) is 58.4 Å². The van der Waals surface area contributed by atoms with E-state index < -0.39 is 0 Å². The summed E-state index contributed by atoms with van der Waals surface area (Å²) in [6, 6.07) is 0.654. The lowest BCUT2D eigenvalue weighted by molar-refractivity contribution is 0.167. The summed E-state index contributed by atoms with van der Waals surface area (Å²) in [4.78, 5) is 6.89. The number of likely N-dealkylation sites (tertiary alicyclic amines) is 1. The molecule has 0 saturated carbocycles. The lowest BCUT2D eigenvalue weighted by atomic mass is 10.1. The van der Waals surface area contributed by atoms with Crippen LogP contribution >= 0.6 is 0 Å². The SMILES string of the molecule is CCCCN=C(N)NCCC(C)N1CCCCC1. The molecule has 3 N–H and O–H groups in total. The van der Waals surface area contributed by atoms with Gasteiger partial charge in [0.15, 0.2) is 5.96 Å². The smallest absolute Gasteiger partial charge is 0.188 e.